The summed E-state index contributed by atoms with van der Waals surface area (Å²) in [6.07, 6.45) is 2.31. The molecule has 1 aromatic heterocycles. The normalized spacial score (nSPS) is 28.8. The van der Waals surface area contributed by atoms with Crippen molar-refractivity contribution in [1.29, 1.82) is 0 Å². The van der Waals surface area contributed by atoms with Crippen molar-refractivity contribution in [1.82, 2.24) is 10.2 Å². The highest BCUT2D eigenvalue weighted by Gasteiger charge is 2.56. The topological polar surface area (TPSA) is 54.7 Å². The highest BCUT2D eigenvalue weighted by molar-refractivity contribution is 5.51. The summed E-state index contributed by atoms with van der Waals surface area (Å²) in [4.78, 5) is 0. The van der Waals surface area contributed by atoms with E-state index in [2.05, 4.69) is 40.5 Å². The number of nitrogens with two attached hydrogens (primary N) is 1. The predicted molar refractivity (Wildman–Crippen MR) is 66.6 cm³/mol. The van der Waals surface area contributed by atoms with Crippen LogP contribution in [0, 0.1) is 11.8 Å². The van der Waals surface area contributed by atoms with Crippen molar-refractivity contribution in [3.63, 3.8) is 0 Å². The van der Waals surface area contributed by atoms with Gasteiger partial charge in [-0.2, -0.15) is 5.10 Å². The molecule has 2 aliphatic carbocycles. The van der Waals surface area contributed by atoms with Crippen molar-refractivity contribution in [3.8, 4) is 0 Å². The molecule has 0 radical (unpaired) electrons. The first-order chi connectivity index (χ1) is 8.34. The molecule has 3 N–H and O–H groups in total. The van der Waals surface area contributed by atoms with Gasteiger partial charge in [0.05, 0.1) is 0 Å². The number of fused-ring (bicyclic) bond motifs is 3. The molecule has 0 spiro atoms. The van der Waals surface area contributed by atoms with Crippen LogP contribution in [0.3, 0.4) is 0 Å². The average molecular weight is 225 g/mol. The molecule has 1 fully saturated rings. The summed E-state index contributed by atoms with van der Waals surface area (Å²) in [5.41, 5.74) is 9.87. The maximum atomic E-state index is 5.83. The molecule has 0 saturated heterocycles. The van der Waals surface area contributed by atoms with Crippen molar-refractivity contribution < 1.29 is 0 Å². The number of benzene rings is 1. The van der Waals surface area contributed by atoms with Gasteiger partial charge in [0.15, 0.2) is 0 Å². The fraction of sp³-hybridized carbons (Fsp3) is 0.357. The van der Waals surface area contributed by atoms with Gasteiger partial charge in [-0.05, 0) is 30.2 Å². The summed E-state index contributed by atoms with van der Waals surface area (Å²) in [5, 5.41) is 7.23. The first kappa shape index (κ1) is 9.28. The lowest BCUT2D eigenvalue weighted by Gasteiger charge is -2.03. The Hall–Kier alpha value is -1.77. The molecule has 3 atom stereocenters. The van der Waals surface area contributed by atoms with Gasteiger partial charge in [-0.25, -0.2) is 0 Å². The van der Waals surface area contributed by atoms with Gasteiger partial charge < -0.3 is 5.73 Å². The Morgan fingerprint density at radius 2 is 2.12 bits per heavy atom. The molecule has 0 bridgehead atoms. The lowest BCUT2D eigenvalue weighted by atomic mass is 10.0. The number of hydrogen-bond acceptors (Lipinski definition) is 2. The van der Waals surface area contributed by atoms with Crippen LogP contribution in [0.1, 0.15) is 22.7 Å². The standard InChI is InChI=1S/C14H15N3/c15-14-11-7-10-9(12(10)13(11)16-17-14)6-8-4-2-1-3-5-8/h1-5,9-10,12H,6-7H2,(H3,15,16,17)/t9-,10-,12+/m0/s1. The van der Waals surface area contributed by atoms with Crippen LogP contribution in [-0.2, 0) is 12.8 Å². The number of aromatic amines is 1. The van der Waals surface area contributed by atoms with E-state index in [1.165, 1.54) is 23.2 Å². The molecule has 3 nitrogen and oxygen atoms in total. The van der Waals surface area contributed by atoms with E-state index in [-0.39, 0.29) is 0 Å². The Balaban J connectivity index is 1.56. The molecule has 17 heavy (non-hydrogen) atoms. The second-order valence-corrected chi connectivity index (χ2v) is 5.25. The number of rotatable bonds is 2. The van der Waals surface area contributed by atoms with Crippen LogP contribution in [0.25, 0.3) is 0 Å². The van der Waals surface area contributed by atoms with Crippen LogP contribution < -0.4 is 5.73 Å². The van der Waals surface area contributed by atoms with E-state index in [0.717, 1.165) is 18.3 Å². The van der Waals surface area contributed by atoms with Crippen molar-refractivity contribution >= 4 is 5.82 Å². The van der Waals surface area contributed by atoms with E-state index in [4.69, 9.17) is 5.73 Å². The minimum Gasteiger partial charge on any atom is -0.382 e. The molecule has 4 rings (SSSR count). The van der Waals surface area contributed by atoms with Crippen LogP contribution in [-0.4, -0.2) is 10.2 Å². The van der Waals surface area contributed by atoms with Crippen LogP contribution in [0.5, 0.6) is 0 Å². The molecule has 0 aliphatic heterocycles. The van der Waals surface area contributed by atoms with Crippen molar-refractivity contribution in [2.45, 2.75) is 18.8 Å². The van der Waals surface area contributed by atoms with Gasteiger partial charge in [0.25, 0.3) is 0 Å². The van der Waals surface area contributed by atoms with Crippen LogP contribution >= 0.6 is 0 Å². The Labute approximate surface area is 100 Å². The number of nitrogens with zero attached hydrogens (tertiary/aromatic N) is 1. The van der Waals surface area contributed by atoms with Gasteiger partial charge in [-0.15, -0.1) is 0 Å². The summed E-state index contributed by atoms with van der Waals surface area (Å²) < 4.78 is 0. The third-order valence-electron chi connectivity index (χ3n) is 4.35. The lowest BCUT2D eigenvalue weighted by Crippen LogP contribution is -1.98. The Bertz CT molecular complexity index is 558. The van der Waals surface area contributed by atoms with Crippen molar-refractivity contribution in [3.05, 3.63) is 47.2 Å². The van der Waals surface area contributed by atoms with Gasteiger partial charge in [-0.3, -0.25) is 5.10 Å². The monoisotopic (exact) mass is 225 g/mol. The second-order valence-electron chi connectivity index (χ2n) is 5.25. The predicted octanol–water partition coefficient (Wildman–Crippen LogP) is 2.12. The summed E-state index contributed by atoms with van der Waals surface area (Å²) in [5.74, 6) is 3.01. The third kappa shape index (κ3) is 1.25. The number of nitrogens with one attached hydrogen (secondary N) is 1. The fourth-order valence-corrected chi connectivity index (χ4v) is 3.44. The molecule has 1 heterocycles. The first-order valence-corrected chi connectivity index (χ1v) is 6.21. The quantitative estimate of drug-likeness (QED) is 0.822. The van der Waals surface area contributed by atoms with Gasteiger partial charge in [0.2, 0.25) is 0 Å². The zero-order valence-electron chi connectivity index (χ0n) is 9.56. The highest BCUT2D eigenvalue weighted by Crippen LogP contribution is 2.62. The molecular formula is C14H15N3. The summed E-state index contributed by atoms with van der Waals surface area (Å²) in [6, 6.07) is 10.7. The SMILES string of the molecule is Nc1n[nH]c2c1C[C@H]1[C@H](Cc3ccccc3)[C@@H]21. The number of hydrogen-bond donors (Lipinski definition) is 2. The largest absolute Gasteiger partial charge is 0.382 e. The Kier molecular flexibility index (Phi) is 1.71. The van der Waals surface area contributed by atoms with Crippen molar-refractivity contribution in [2.75, 3.05) is 5.73 Å². The number of nitrogen functional groups attached to an aromatic ring is 1. The maximum Gasteiger partial charge on any atom is 0.148 e. The van der Waals surface area contributed by atoms with Gasteiger partial charge in [0.1, 0.15) is 5.82 Å². The van der Waals surface area contributed by atoms with Crippen LogP contribution in [0.2, 0.25) is 0 Å². The molecule has 1 saturated carbocycles. The van der Waals surface area contributed by atoms with E-state index in [0.29, 0.717) is 11.7 Å². The van der Waals surface area contributed by atoms with E-state index in [1.54, 1.807) is 0 Å². The van der Waals surface area contributed by atoms with E-state index in [9.17, 15) is 0 Å². The van der Waals surface area contributed by atoms with Gasteiger partial charge in [0, 0.05) is 17.2 Å². The summed E-state index contributed by atoms with van der Waals surface area (Å²) >= 11 is 0. The van der Waals surface area contributed by atoms with Gasteiger partial charge in [-0.1, -0.05) is 30.3 Å². The molecule has 0 unspecified atom stereocenters. The average Bonchev–Trinajstić information content (AvgIpc) is 2.72. The van der Waals surface area contributed by atoms with Crippen molar-refractivity contribution in [2.24, 2.45) is 11.8 Å². The third-order valence-corrected chi connectivity index (χ3v) is 4.35. The minimum absolute atomic E-state index is 0.690. The molecule has 1 aromatic carbocycles. The summed E-state index contributed by atoms with van der Waals surface area (Å²) in [7, 11) is 0. The molecule has 2 aromatic rings. The van der Waals surface area contributed by atoms with Crippen LogP contribution in [0.4, 0.5) is 5.82 Å². The van der Waals surface area contributed by atoms with E-state index >= 15 is 0 Å². The smallest absolute Gasteiger partial charge is 0.148 e. The molecule has 86 valence electrons. The highest BCUT2D eigenvalue weighted by atomic mass is 15.2. The number of H-pyrrole nitrogens is 1. The number of aromatic nitrogens is 2. The van der Waals surface area contributed by atoms with Gasteiger partial charge >= 0.3 is 0 Å². The maximum absolute atomic E-state index is 5.83. The molecule has 3 heteroatoms. The molecule has 2 aliphatic rings. The van der Waals surface area contributed by atoms with E-state index < -0.39 is 0 Å². The zero-order valence-corrected chi connectivity index (χ0v) is 9.56. The Morgan fingerprint density at radius 1 is 1.29 bits per heavy atom. The zero-order chi connectivity index (χ0) is 11.4. The van der Waals surface area contributed by atoms with Crippen LogP contribution in [0.15, 0.2) is 30.3 Å². The molecule has 0 amide bonds. The second kappa shape index (κ2) is 3.13. The molecular weight excluding hydrogens is 210 g/mol. The summed E-state index contributed by atoms with van der Waals surface area (Å²) in [6.45, 7) is 0. The Morgan fingerprint density at radius 3 is 2.94 bits per heavy atom. The lowest BCUT2D eigenvalue weighted by molar-refractivity contribution is 0.688. The number of anilines is 1. The first-order valence-electron chi connectivity index (χ1n) is 6.21. The fourth-order valence-electron chi connectivity index (χ4n) is 3.44. The van der Waals surface area contributed by atoms with E-state index in [1.807, 2.05) is 0 Å². The minimum atomic E-state index is 0.690.